The molecule has 1 aliphatic rings. The molecule has 1 aliphatic heterocycles. The average Bonchev–Trinajstić information content (AvgIpc) is 2.74. The van der Waals surface area contributed by atoms with Crippen LogP contribution >= 0.6 is 0 Å². The van der Waals surface area contributed by atoms with Crippen LogP contribution in [0.1, 0.15) is 47.5 Å². The molecular weight excluding hydrogens is 246 g/mol. The summed E-state index contributed by atoms with van der Waals surface area (Å²) in [5.41, 5.74) is -0.543. The lowest BCUT2D eigenvalue weighted by atomic mass is 9.98. The van der Waals surface area contributed by atoms with Crippen molar-refractivity contribution in [1.82, 2.24) is 5.32 Å². The van der Waals surface area contributed by atoms with Crippen molar-refractivity contribution < 1.29 is 19.1 Å². The Morgan fingerprint density at radius 2 is 2.05 bits per heavy atom. The Hall–Kier alpha value is -1.10. The first-order valence-electron chi connectivity index (χ1n) is 6.89. The molecule has 2 unspecified atom stereocenters. The van der Waals surface area contributed by atoms with E-state index in [-0.39, 0.29) is 17.9 Å². The molecule has 0 aromatic heterocycles. The van der Waals surface area contributed by atoms with Crippen LogP contribution in [0.2, 0.25) is 0 Å². The van der Waals surface area contributed by atoms with Gasteiger partial charge in [0.25, 0.3) is 0 Å². The lowest BCUT2D eigenvalue weighted by Gasteiger charge is -2.24. The Labute approximate surface area is 115 Å². The summed E-state index contributed by atoms with van der Waals surface area (Å²) < 4.78 is 10.7. The summed E-state index contributed by atoms with van der Waals surface area (Å²) in [6.45, 7) is 9.65. The standard InChI is InChI=1S/C14H25NO4/c1-6-11-10(7-8-18-11)12(16)15-9(2)13(17)19-14(3,4)5/h9-11H,6-8H2,1-5H3,(H,15,16)/t9-,10?,11?/m0/s1. The van der Waals surface area contributed by atoms with E-state index in [1.807, 2.05) is 6.92 Å². The molecule has 1 saturated heterocycles. The third-order valence-corrected chi connectivity index (χ3v) is 3.07. The molecule has 1 amide bonds. The lowest BCUT2D eigenvalue weighted by molar-refractivity contribution is -0.158. The summed E-state index contributed by atoms with van der Waals surface area (Å²) >= 11 is 0. The summed E-state index contributed by atoms with van der Waals surface area (Å²) in [6, 6.07) is -0.634. The quantitative estimate of drug-likeness (QED) is 0.790. The Bertz CT molecular complexity index is 335. The molecule has 0 aromatic rings. The van der Waals surface area contributed by atoms with Gasteiger partial charge in [-0.2, -0.15) is 0 Å². The number of rotatable bonds is 4. The van der Waals surface area contributed by atoms with Gasteiger partial charge in [0.05, 0.1) is 12.0 Å². The van der Waals surface area contributed by atoms with Gasteiger partial charge in [-0.3, -0.25) is 4.79 Å². The van der Waals surface area contributed by atoms with Crippen molar-refractivity contribution in [3.05, 3.63) is 0 Å². The number of esters is 1. The summed E-state index contributed by atoms with van der Waals surface area (Å²) in [7, 11) is 0. The first kappa shape index (κ1) is 16.0. The molecule has 0 aliphatic carbocycles. The van der Waals surface area contributed by atoms with Crippen LogP contribution in [-0.4, -0.2) is 36.2 Å². The predicted molar refractivity (Wildman–Crippen MR) is 71.6 cm³/mol. The van der Waals surface area contributed by atoms with E-state index in [0.29, 0.717) is 13.0 Å². The van der Waals surface area contributed by atoms with Gasteiger partial charge in [0.2, 0.25) is 5.91 Å². The Balaban J connectivity index is 2.50. The summed E-state index contributed by atoms with van der Waals surface area (Å²) in [6.07, 6.45) is 1.48. The van der Waals surface area contributed by atoms with Crippen LogP contribution in [0.25, 0.3) is 0 Å². The van der Waals surface area contributed by atoms with Gasteiger partial charge in [-0.25, -0.2) is 4.79 Å². The van der Waals surface area contributed by atoms with Crippen LogP contribution in [0.3, 0.4) is 0 Å². The number of carbonyl (C=O) groups excluding carboxylic acids is 2. The first-order valence-corrected chi connectivity index (χ1v) is 6.89. The van der Waals surface area contributed by atoms with Gasteiger partial charge in [-0.15, -0.1) is 0 Å². The molecule has 1 rings (SSSR count). The van der Waals surface area contributed by atoms with Crippen LogP contribution < -0.4 is 5.32 Å². The molecule has 1 fully saturated rings. The number of ether oxygens (including phenoxy) is 2. The van der Waals surface area contributed by atoms with Crippen molar-refractivity contribution in [2.45, 2.75) is 65.2 Å². The van der Waals surface area contributed by atoms with Crippen LogP contribution in [0.15, 0.2) is 0 Å². The van der Waals surface area contributed by atoms with E-state index >= 15 is 0 Å². The highest BCUT2D eigenvalue weighted by Gasteiger charge is 2.34. The molecular formula is C14H25NO4. The summed E-state index contributed by atoms with van der Waals surface area (Å²) in [4.78, 5) is 23.9. The minimum Gasteiger partial charge on any atom is -0.458 e. The van der Waals surface area contributed by atoms with Gasteiger partial charge in [0.1, 0.15) is 11.6 Å². The highest BCUT2D eigenvalue weighted by Crippen LogP contribution is 2.23. The van der Waals surface area contributed by atoms with E-state index in [4.69, 9.17) is 9.47 Å². The van der Waals surface area contributed by atoms with Crippen LogP contribution in [-0.2, 0) is 19.1 Å². The van der Waals surface area contributed by atoms with Crippen LogP contribution in [0.4, 0.5) is 0 Å². The van der Waals surface area contributed by atoms with Crippen molar-refractivity contribution in [1.29, 1.82) is 0 Å². The Morgan fingerprint density at radius 1 is 1.42 bits per heavy atom. The van der Waals surface area contributed by atoms with Gasteiger partial charge in [-0.05, 0) is 40.5 Å². The van der Waals surface area contributed by atoms with Gasteiger partial charge in [0, 0.05) is 6.61 Å². The fourth-order valence-electron chi connectivity index (χ4n) is 2.12. The van der Waals surface area contributed by atoms with Gasteiger partial charge in [-0.1, -0.05) is 6.92 Å². The largest absolute Gasteiger partial charge is 0.458 e. The molecule has 0 bridgehead atoms. The second-order valence-corrected chi connectivity index (χ2v) is 5.98. The Kier molecular flexibility index (Phi) is 5.35. The maximum atomic E-state index is 12.1. The van der Waals surface area contributed by atoms with Crippen LogP contribution in [0, 0.1) is 5.92 Å². The zero-order valence-corrected chi connectivity index (χ0v) is 12.5. The lowest BCUT2D eigenvalue weighted by Crippen LogP contribution is -2.45. The number of hydrogen-bond acceptors (Lipinski definition) is 4. The SMILES string of the molecule is CCC1OCCC1C(=O)N[C@@H](C)C(=O)OC(C)(C)C. The maximum absolute atomic E-state index is 12.1. The summed E-state index contributed by atoms with van der Waals surface area (Å²) in [5, 5.41) is 2.72. The fraction of sp³-hybridized carbons (Fsp3) is 0.857. The third-order valence-electron chi connectivity index (χ3n) is 3.07. The van der Waals surface area contributed by atoms with Crippen LogP contribution in [0.5, 0.6) is 0 Å². The van der Waals surface area contributed by atoms with Crippen molar-refractivity contribution in [2.75, 3.05) is 6.61 Å². The first-order chi connectivity index (χ1) is 8.74. The van der Waals surface area contributed by atoms with E-state index in [1.54, 1.807) is 27.7 Å². The highest BCUT2D eigenvalue weighted by atomic mass is 16.6. The zero-order chi connectivity index (χ0) is 14.6. The van der Waals surface area contributed by atoms with Gasteiger partial charge in [0.15, 0.2) is 0 Å². The van der Waals surface area contributed by atoms with Gasteiger partial charge >= 0.3 is 5.97 Å². The van der Waals surface area contributed by atoms with E-state index in [2.05, 4.69) is 5.32 Å². The zero-order valence-electron chi connectivity index (χ0n) is 12.5. The highest BCUT2D eigenvalue weighted by molar-refractivity contribution is 5.86. The molecule has 110 valence electrons. The summed E-state index contributed by atoms with van der Waals surface area (Å²) in [5.74, 6) is -0.689. The smallest absolute Gasteiger partial charge is 0.328 e. The van der Waals surface area contributed by atoms with Crippen molar-refractivity contribution in [3.63, 3.8) is 0 Å². The minimum atomic E-state index is -0.634. The second-order valence-electron chi connectivity index (χ2n) is 5.98. The molecule has 0 spiro atoms. The number of carbonyl (C=O) groups is 2. The number of nitrogens with one attached hydrogen (secondary N) is 1. The Morgan fingerprint density at radius 3 is 2.58 bits per heavy atom. The van der Waals surface area contributed by atoms with E-state index in [9.17, 15) is 9.59 Å². The normalized spacial score (nSPS) is 24.9. The maximum Gasteiger partial charge on any atom is 0.328 e. The monoisotopic (exact) mass is 271 g/mol. The fourth-order valence-corrected chi connectivity index (χ4v) is 2.12. The molecule has 19 heavy (non-hydrogen) atoms. The molecule has 5 heteroatoms. The molecule has 1 heterocycles. The molecule has 1 N–H and O–H groups in total. The molecule has 0 radical (unpaired) electrons. The minimum absolute atomic E-state index is 0.0363. The molecule has 0 saturated carbocycles. The van der Waals surface area contributed by atoms with Crippen molar-refractivity contribution in [2.24, 2.45) is 5.92 Å². The number of hydrogen-bond donors (Lipinski definition) is 1. The average molecular weight is 271 g/mol. The van der Waals surface area contributed by atoms with E-state index < -0.39 is 17.6 Å². The second kappa shape index (κ2) is 6.37. The van der Waals surface area contributed by atoms with E-state index in [0.717, 1.165) is 6.42 Å². The topological polar surface area (TPSA) is 64.6 Å². The van der Waals surface area contributed by atoms with Crippen molar-refractivity contribution in [3.8, 4) is 0 Å². The van der Waals surface area contributed by atoms with Gasteiger partial charge < -0.3 is 14.8 Å². The third kappa shape index (κ3) is 4.82. The predicted octanol–water partition coefficient (Wildman–Crippen LogP) is 1.65. The molecule has 0 aromatic carbocycles. The molecule has 5 nitrogen and oxygen atoms in total. The molecule has 3 atom stereocenters. The van der Waals surface area contributed by atoms with Crippen molar-refractivity contribution >= 4 is 11.9 Å². The van der Waals surface area contributed by atoms with E-state index in [1.165, 1.54) is 0 Å². The number of amides is 1.